The van der Waals surface area contributed by atoms with Crippen LogP contribution in [0.25, 0.3) is 23.0 Å². The Hall–Kier alpha value is -3.16. The summed E-state index contributed by atoms with van der Waals surface area (Å²) in [5, 5.41) is 4.89. The average molecular weight is 532 g/mol. The third-order valence-corrected chi connectivity index (χ3v) is 7.78. The van der Waals surface area contributed by atoms with Crippen molar-refractivity contribution in [3.05, 3.63) is 83.9 Å². The summed E-state index contributed by atoms with van der Waals surface area (Å²) in [5.41, 5.74) is 3.54. The summed E-state index contributed by atoms with van der Waals surface area (Å²) in [6.45, 7) is 9.21. The van der Waals surface area contributed by atoms with Gasteiger partial charge < -0.3 is 4.74 Å². The smallest absolute Gasteiger partial charge is 0.266 e. The molecule has 0 bridgehead atoms. The number of carbonyl (C=O) groups is 1. The van der Waals surface area contributed by atoms with E-state index in [0.29, 0.717) is 28.3 Å². The number of rotatable bonds is 12. The van der Waals surface area contributed by atoms with Crippen LogP contribution in [0.1, 0.15) is 45.1 Å². The lowest BCUT2D eigenvalue weighted by Gasteiger charge is -2.21. The number of aromatic nitrogens is 2. The number of benzene rings is 2. The number of carbonyl (C=O) groups excluding carboxylic acids is 1. The van der Waals surface area contributed by atoms with E-state index in [1.807, 2.05) is 71.6 Å². The Morgan fingerprint density at radius 1 is 1.14 bits per heavy atom. The van der Waals surface area contributed by atoms with E-state index in [0.717, 1.165) is 47.5 Å². The lowest BCUT2D eigenvalue weighted by atomic mass is 9.99. The Kier molecular flexibility index (Phi) is 9.36. The highest BCUT2D eigenvalue weighted by atomic mass is 32.2. The van der Waals surface area contributed by atoms with Gasteiger partial charge in [-0.3, -0.25) is 9.69 Å². The van der Waals surface area contributed by atoms with Gasteiger partial charge in [0.25, 0.3) is 5.91 Å². The zero-order valence-electron chi connectivity index (χ0n) is 21.4. The Bertz CT molecular complexity index is 1270. The third-order valence-electron chi connectivity index (χ3n) is 6.40. The fraction of sp³-hybridized carbons (Fsp3) is 0.300. The molecule has 1 atom stereocenters. The molecule has 0 radical (unpaired) electrons. The van der Waals surface area contributed by atoms with Gasteiger partial charge in [-0.05, 0) is 54.8 Å². The minimum absolute atomic E-state index is 0.0171. The van der Waals surface area contributed by atoms with Crippen molar-refractivity contribution in [2.24, 2.45) is 5.92 Å². The summed E-state index contributed by atoms with van der Waals surface area (Å²) in [6.07, 6.45) is 10.1. The van der Waals surface area contributed by atoms with Gasteiger partial charge in [-0.2, -0.15) is 5.10 Å². The Labute approximate surface area is 229 Å². The molecule has 7 heteroatoms. The van der Waals surface area contributed by atoms with E-state index in [-0.39, 0.29) is 5.91 Å². The number of nitrogens with zero attached hydrogens (tertiary/aromatic N) is 3. The lowest BCUT2D eigenvalue weighted by molar-refractivity contribution is -0.122. The molecule has 3 aromatic rings. The van der Waals surface area contributed by atoms with Crippen molar-refractivity contribution in [1.29, 1.82) is 0 Å². The third kappa shape index (κ3) is 6.59. The van der Waals surface area contributed by atoms with E-state index in [2.05, 4.69) is 20.4 Å². The zero-order chi connectivity index (χ0) is 26.2. The van der Waals surface area contributed by atoms with Crippen LogP contribution in [0.2, 0.25) is 0 Å². The summed E-state index contributed by atoms with van der Waals surface area (Å²) >= 11 is 7.01. The van der Waals surface area contributed by atoms with Gasteiger partial charge in [0.05, 0.1) is 16.3 Å². The Morgan fingerprint density at radius 3 is 2.57 bits per heavy atom. The summed E-state index contributed by atoms with van der Waals surface area (Å²) in [5.74, 6) is 1.21. The number of hydrogen-bond acceptors (Lipinski definition) is 5. The minimum atomic E-state index is -0.0171. The van der Waals surface area contributed by atoms with E-state index in [1.165, 1.54) is 18.2 Å². The van der Waals surface area contributed by atoms with Crippen LogP contribution < -0.4 is 4.74 Å². The van der Waals surface area contributed by atoms with Crippen molar-refractivity contribution >= 4 is 40.3 Å². The topological polar surface area (TPSA) is 47.4 Å². The first-order chi connectivity index (χ1) is 18.0. The first kappa shape index (κ1) is 26.9. The predicted octanol–water partition coefficient (Wildman–Crippen LogP) is 7.52. The first-order valence-electron chi connectivity index (χ1n) is 12.8. The lowest BCUT2D eigenvalue weighted by Crippen LogP contribution is -2.33. The summed E-state index contributed by atoms with van der Waals surface area (Å²) in [7, 11) is 0. The molecule has 5 nitrogen and oxygen atoms in total. The number of amides is 1. The molecular formula is C30H33N3O2S2. The molecule has 1 aliphatic heterocycles. The number of hydrogen-bond donors (Lipinski definition) is 0. The largest absolute Gasteiger partial charge is 0.490 e. The van der Waals surface area contributed by atoms with Gasteiger partial charge in [0.15, 0.2) is 0 Å². The fourth-order valence-electron chi connectivity index (χ4n) is 4.27. The molecule has 0 aliphatic carbocycles. The standard InChI is InChI=1S/C30H33N3O2S2/c1-4-7-11-22(6-3)20-32-29(34)27(37-30(32)36)19-24-21-33(25-12-9-8-10-13-25)31-28(24)23-14-16-26(17-15-23)35-18-5-2/h5,8-10,12-17,19,21-22H,2,4,6-7,11,18,20H2,1,3H3/b27-19-/t22-/m0/s1. The van der Waals surface area contributed by atoms with Gasteiger partial charge >= 0.3 is 0 Å². The van der Waals surface area contributed by atoms with Gasteiger partial charge in [0, 0.05) is 23.9 Å². The normalized spacial score (nSPS) is 15.4. The molecule has 4 rings (SSSR count). The summed E-state index contributed by atoms with van der Waals surface area (Å²) in [6, 6.07) is 17.8. The highest BCUT2D eigenvalue weighted by Crippen LogP contribution is 2.36. The number of thioether (sulfide) groups is 1. The van der Waals surface area contributed by atoms with Crippen molar-refractivity contribution in [3.8, 4) is 22.7 Å². The second-order valence-electron chi connectivity index (χ2n) is 9.05. The molecule has 1 saturated heterocycles. The van der Waals surface area contributed by atoms with Gasteiger partial charge in [-0.25, -0.2) is 4.68 Å². The highest BCUT2D eigenvalue weighted by molar-refractivity contribution is 8.26. The number of unbranched alkanes of at least 4 members (excludes halogenated alkanes) is 1. The Morgan fingerprint density at radius 2 is 1.89 bits per heavy atom. The first-order valence-corrected chi connectivity index (χ1v) is 14.0. The maximum absolute atomic E-state index is 13.4. The molecule has 2 aromatic carbocycles. The quantitative estimate of drug-likeness (QED) is 0.137. The molecule has 1 fully saturated rings. The molecule has 0 unspecified atom stereocenters. The highest BCUT2D eigenvalue weighted by Gasteiger charge is 2.33. The van der Waals surface area contributed by atoms with E-state index in [4.69, 9.17) is 22.1 Å². The van der Waals surface area contributed by atoms with Crippen LogP contribution in [0.3, 0.4) is 0 Å². The Balaban J connectivity index is 1.66. The number of para-hydroxylation sites is 1. The van der Waals surface area contributed by atoms with Gasteiger partial charge in [-0.15, -0.1) is 0 Å². The van der Waals surface area contributed by atoms with Crippen LogP contribution in [0.15, 0.2) is 78.4 Å². The van der Waals surface area contributed by atoms with Crippen molar-refractivity contribution in [1.82, 2.24) is 14.7 Å². The predicted molar refractivity (Wildman–Crippen MR) is 158 cm³/mol. The maximum Gasteiger partial charge on any atom is 0.266 e. The van der Waals surface area contributed by atoms with Crippen LogP contribution in [0.5, 0.6) is 5.75 Å². The molecule has 1 aromatic heterocycles. The van der Waals surface area contributed by atoms with Crippen molar-refractivity contribution < 1.29 is 9.53 Å². The molecule has 0 N–H and O–H groups in total. The second-order valence-corrected chi connectivity index (χ2v) is 10.7. The maximum atomic E-state index is 13.4. The van der Waals surface area contributed by atoms with E-state index < -0.39 is 0 Å². The monoisotopic (exact) mass is 531 g/mol. The van der Waals surface area contributed by atoms with Gasteiger partial charge in [0.1, 0.15) is 16.7 Å². The number of thiocarbonyl (C=S) groups is 1. The molecule has 2 heterocycles. The van der Waals surface area contributed by atoms with Crippen LogP contribution in [0.4, 0.5) is 0 Å². The van der Waals surface area contributed by atoms with Crippen molar-refractivity contribution in [2.45, 2.75) is 39.5 Å². The van der Waals surface area contributed by atoms with Gasteiger partial charge in [0.2, 0.25) is 0 Å². The summed E-state index contributed by atoms with van der Waals surface area (Å²) in [4.78, 5) is 15.8. The average Bonchev–Trinajstić information content (AvgIpc) is 3.46. The molecule has 0 saturated carbocycles. The van der Waals surface area contributed by atoms with Crippen LogP contribution in [-0.2, 0) is 4.79 Å². The molecule has 0 spiro atoms. The molecule has 192 valence electrons. The molecular weight excluding hydrogens is 498 g/mol. The summed E-state index contributed by atoms with van der Waals surface area (Å²) < 4.78 is 8.12. The van der Waals surface area contributed by atoms with Gasteiger partial charge in [-0.1, -0.05) is 87.9 Å². The minimum Gasteiger partial charge on any atom is -0.490 e. The van der Waals surface area contributed by atoms with Crippen LogP contribution in [0, 0.1) is 5.92 Å². The van der Waals surface area contributed by atoms with E-state index in [9.17, 15) is 4.79 Å². The fourth-order valence-corrected chi connectivity index (χ4v) is 5.53. The van der Waals surface area contributed by atoms with Crippen LogP contribution >= 0.6 is 24.0 Å². The van der Waals surface area contributed by atoms with Crippen molar-refractivity contribution in [3.63, 3.8) is 0 Å². The van der Waals surface area contributed by atoms with E-state index in [1.54, 1.807) is 11.0 Å². The molecule has 1 aliphatic rings. The SMILES string of the molecule is C=CCOc1ccc(-c2nn(-c3ccccc3)cc2/C=C2\SC(=S)N(C[C@@H](CC)CCCC)C2=O)cc1. The van der Waals surface area contributed by atoms with Crippen molar-refractivity contribution in [2.75, 3.05) is 13.2 Å². The molecule has 37 heavy (non-hydrogen) atoms. The van der Waals surface area contributed by atoms with Crippen LogP contribution in [-0.4, -0.2) is 38.1 Å². The second kappa shape index (κ2) is 12.9. The van der Waals surface area contributed by atoms with E-state index >= 15 is 0 Å². The zero-order valence-corrected chi connectivity index (χ0v) is 23.1. The number of ether oxygens (including phenoxy) is 1. The molecule has 1 amide bonds.